The molecule has 160 valence electrons. The van der Waals surface area contributed by atoms with Crippen molar-refractivity contribution in [1.29, 1.82) is 0 Å². The fourth-order valence-corrected chi connectivity index (χ4v) is 3.35. The number of ketones is 1. The molecule has 0 aromatic heterocycles. The highest BCUT2D eigenvalue weighted by molar-refractivity contribution is 9.10. The molecule has 0 saturated carbocycles. The molecule has 0 aliphatic heterocycles. The van der Waals surface area contributed by atoms with Crippen molar-refractivity contribution in [3.8, 4) is 0 Å². The minimum absolute atomic E-state index is 0.227. The quantitative estimate of drug-likeness (QED) is 0.393. The molecule has 0 aliphatic carbocycles. The Hall–Kier alpha value is -2.09. The van der Waals surface area contributed by atoms with Crippen LogP contribution in [0.1, 0.15) is 40.7 Å². The molecule has 0 fully saturated rings. The molecule has 0 aliphatic rings. The lowest BCUT2D eigenvalue weighted by Crippen LogP contribution is -2.34. The largest absolute Gasteiger partial charge is 0.332 e. The van der Waals surface area contributed by atoms with Crippen molar-refractivity contribution >= 4 is 50.6 Å². The van der Waals surface area contributed by atoms with Crippen molar-refractivity contribution in [2.24, 2.45) is 0 Å². The van der Waals surface area contributed by atoms with Crippen molar-refractivity contribution in [3.05, 3.63) is 63.6 Å². The smallest absolute Gasteiger partial charge is 0.257 e. The van der Waals surface area contributed by atoms with E-state index in [1.807, 2.05) is 51.4 Å². The molecule has 7 heteroatoms. The summed E-state index contributed by atoms with van der Waals surface area (Å²) in [7, 11) is 4.08. The molecule has 2 aromatic rings. The van der Waals surface area contributed by atoms with Crippen LogP contribution in [0, 0.1) is 6.92 Å². The summed E-state index contributed by atoms with van der Waals surface area (Å²) in [5.74, 6) is -0.0124. The van der Waals surface area contributed by atoms with E-state index in [1.165, 1.54) is 0 Å². The molecular weight excluding hydrogens is 462 g/mol. The van der Waals surface area contributed by atoms with E-state index in [9.17, 15) is 9.59 Å². The number of hydrogen-bond acceptors (Lipinski definition) is 4. The number of carbonyl (C=O) groups excluding carboxylic acids is 2. The van der Waals surface area contributed by atoms with Gasteiger partial charge in [0.15, 0.2) is 5.11 Å². The van der Waals surface area contributed by atoms with E-state index in [0.29, 0.717) is 18.4 Å². The van der Waals surface area contributed by atoms with Gasteiger partial charge < -0.3 is 10.2 Å². The molecule has 0 atom stereocenters. The van der Waals surface area contributed by atoms with Gasteiger partial charge in [-0.1, -0.05) is 28.1 Å². The van der Waals surface area contributed by atoms with Gasteiger partial charge >= 0.3 is 0 Å². The van der Waals surface area contributed by atoms with Crippen LogP contribution in [-0.2, 0) is 11.2 Å². The van der Waals surface area contributed by atoms with E-state index in [0.717, 1.165) is 40.7 Å². The summed E-state index contributed by atoms with van der Waals surface area (Å²) in [6.07, 6.45) is 3.00. The average molecular weight is 490 g/mol. The van der Waals surface area contributed by atoms with Gasteiger partial charge in [-0.05, 0) is 94.1 Å². The number of rotatable bonds is 9. The number of hydrogen-bond donors (Lipinski definition) is 2. The minimum Gasteiger partial charge on any atom is -0.332 e. The van der Waals surface area contributed by atoms with Gasteiger partial charge in [0.05, 0.1) is 0 Å². The number of Topliss-reactive ketones (excluding diaryl/α,β-unsaturated/α-hetero) is 1. The topological polar surface area (TPSA) is 61.4 Å². The molecular formula is C23H28BrN3O2S. The molecule has 0 bridgehead atoms. The number of carbonyl (C=O) groups is 2. The standard InChI is InChI=1S/C23H28BrN3O2S/c1-16-14-18(9-12-21(16)24)22(29)26-23(30)25-19-10-7-17(8-11-19)15-20(28)6-4-5-13-27(2)3/h7-12,14H,4-6,13,15H2,1-3H3,(H2,25,26,29,30). The van der Waals surface area contributed by atoms with Crippen LogP contribution in [0.3, 0.4) is 0 Å². The number of aryl methyl sites for hydroxylation is 1. The van der Waals surface area contributed by atoms with Crippen molar-refractivity contribution in [2.45, 2.75) is 32.6 Å². The normalized spacial score (nSPS) is 10.7. The second-order valence-electron chi connectivity index (χ2n) is 7.54. The Morgan fingerprint density at radius 2 is 1.77 bits per heavy atom. The maximum absolute atomic E-state index is 12.3. The van der Waals surface area contributed by atoms with E-state index in [1.54, 1.807) is 12.1 Å². The molecule has 1 amide bonds. The molecule has 0 saturated heterocycles. The summed E-state index contributed by atoms with van der Waals surface area (Å²) in [5, 5.41) is 5.91. The molecule has 2 N–H and O–H groups in total. The molecule has 0 spiro atoms. The van der Waals surface area contributed by atoms with Crippen molar-refractivity contribution in [2.75, 3.05) is 26.0 Å². The molecule has 5 nitrogen and oxygen atoms in total. The maximum Gasteiger partial charge on any atom is 0.257 e. The summed E-state index contributed by atoms with van der Waals surface area (Å²) < 4.78 is 0.951. The second kappa shape index (κ2) is 11.9. The number of nitrogens with zero attached hydrogens (tertiary/aromatic N) is 1. The lowest BCUT2D eigenvalue weighted by atomic mass is 10.0. The SMILES string of the molecule is Cc1cc(C(=O)NC(=S)Nc2ccc(CC(=O)CCCCN(C)C)cc2)ccc1Br. The Kier molecular flexibility index (Phi) is 9.62. The summed E-state index contributed by atoms with van der Waals surface area (Å²) in [5.41, 5.74) is 3.25. The third kappa shape index (κ3) is 8.34. The van der Waals surface area contributed by atoms with E-state index in [2.05, 4.69) is 31.5 Å². The van der Waals surface area contributed by atoms with E-state index >= 15 is 0 Å². The Balaban J connectivity index is 1.80. The molecule has 30 heavy (non-hydrogen) atoms. The van der Waals surface area contributed by atoms with Crippen LogP contribution >= 0.6 is 28.1 Å². The van der Waals surface area contributed by atoms with Gasteiger partial charge in [-0.25, -0.2) is 0 Å². The first-order chi connectivity index (χ1) is 14.2. The van der Waals surface area contributed by atoms with Crippen molar-refractivity contribution in [1.82, 2.24) is 10.2 Å². The molecule has 0 unspecified atom stereocenters. The first-order valence-electron chi connectivity index (χ1n) is 9.88. The molecule has 0 radical (unpaired) electrons. The number of thiocarbonyl (C=S) groups is 1. The van der Waals surface area contributed by atoms with Crippen LogP contribution < -0.4 is 10.6 Å². The first-order valence-corrected chi connectivity index (χ1v) is 11.1. The maximum atomic E-state index is 12.3. The lowest BCUT2D eigenvalue weighted by molar-refractivity contribution is -0.118. The number of benzene rings is 2. The van der Waals surface area contributed by atoms with E-state index in [-0.39, 0.29) is 16.8 Å². The third-order valence-electron chi connectivity index (χ3n) is 4.57. The number of anilines is 1. The highest BCUT2D eigenvalue weighted by atomic mass is 79.9. The summed E-state index contributed by atoms with van der Waals surface area (Å²) in [6.45, 7) is 2.93. The molecule has 2 aromatic carbocycles. The predicted molar refractivity (Wildman–Crippen MR) is 130 cm³/mol. The number of halogens is 1. The molecule has 0 heterocycles. The zero-order valence-electron chi connectivity index (χ0n) is 17.6. The zero-order chi connectivity index (χ0) is 22.1. The highest BCUT2D eigenvalue weighted by Gasteiger charge is 2.10. The third-order valence-corrected chi connectivity index (χ3v) is 5.67. The van der Waals surface area contributed by atoms with Gasteiger partial charge in [0, 0.05) is 28.6 Å². The van der Waals surface area contributed by atoms with Gasteiger partial charge in [-0.3, -0.25) is 14.9 Å². The zero-order valence-corrected chi connectivity index (χ0v) is 20.0. The van der Waals surface area contributed by atoms with E-state index in [4.69, 9.17) is 12.2 Å². The van der Waals surface area contributed by atoms with Gasteiger partial charge in [-0.15, -0.1) is 0 Å². The Bertz CT molecular complexity index is 898. The number of nitrogens with one attached hydrogen (secondary N) is 2. The van der Waals surface area contributed by atoms with Crippen LogP contribution in [-0.4, -0.2) is 42.3 Å². The minimum atomic E-state index is -0.264. The number of unbranched alkanes of at least 4 members (excludes halogenated alkanes) is 1. The van der Waals surface area contributed by atoms with Crippen LogP contribution in [0.4, 0.5) is 5.69 Å². The van der Waals surface area contributed by atoms with Crippen LogP contribution in [0.15, 0.2) is 46.9 Å². The van der Waals surface area contributed by atoms with Crippen molar-refractivity contribution in [3.63, 3.8) is 0 Å². The second-order valence-corrected chi connectivity index (χ2v) is 8.81. The van der Waals surface area contributed by atoms with Gasteiger partial charge in [0.2, 0.25) is 0 Å². The van der Waals surface area contributed by atoms with Crippen LogP contribution in [0.5, 0.6) is 0 Å². The molecule has 2 rings (SSSR count). The Morgan fingerprint density at radius 3 is 2.40 bits per heavy atom. The monoisotopic (exact) mass is 489 g/mol. The fourth-order valence-electron chi connectivity index (χ4n) is 2.90. The Labute approximate surface area is 192 Å². The fraction of sp³-hybridized carbons (Fsp3) is 0.348. The highest BCUT2D eigenvalue weighted by Crippen LogP contribution is 2.17. The predicted octanol–water partition coefficient (Wildman–Crippen LogP) is 4.73. The van der Waals surface area contributed by atoms with Gasteiger partial charge in [0.1, 0.15) is 5.78 Å². The number of amides is 1. The lowest BCUT2D eigenvalue weighted by Gasteiger charge is -2.11. The summed E-state index contributed by atoms with van der Waals surface area (Å²) in [6, 6.07) is 12.9. The van der Waals surface area contributed by atoms with Gasteiger partial charge in [0.25, 0.3) is 5.91 Å². The summed E-state index contributed by atoms with van der Waals surface area (Å²) in [4.78, 5) is 26.6. The average Bonchev–Trinajstić information content (AvgIpc) is 2.68. The van der Waals surface area contributed by atoms with Gasteiger partial charge in [-0.2, -0.15) is 0 Å². The Morgan fingerprint density at radius 1 is 1.07 bits per heavy atom. The van der Waals surface area contributed by atoms with Crippen LogP contribution in [0.2, 0.25) is 0 Å². The first kappa shape index (κ1) is 24.2. The van der Waals surface area contributed by atoms with Crippen LogP contribution in [0.25, 0.3) is 0 Å². The summed E-state index contributed by atoms with van der Waals surface area (Å²) >= 11 is 8.66. The van der Waals surface area contributed by atoms with E-state index < -0.39 is 0 Å². The van der Waals surface area contributed by atoms with Crippen molar-refractivity contribution < 1.29 is 9.59 Å².